The minimum absolute atomic E-state index is 0.103. The Morgan fingerprint density at radius 1 is 0.280 bits per heavy atom. The minimum Gasteiger partial charge on any atom is -0.462 e. The lowest BCUT2D eigenvalue weighted by molar-refractivity contribution is -0.167. The van der Waals surface area contributed by atoms with Gasteiger partial charge in [0, 0.05) is 19.3 Å². The molecule has 0 amide bonds. The third-order valence-corrected chi connectivity index (χ3v) is 12.6. The van der Waals surface area contributed by atoms with E-state index < -0.39 is 6.10 Å². The van der Waals surface area contributed by atoms with E-state index in [0.717, 1.165) is 148 Å². The Morgan fingerprint density at radius 2 is 0.533 bits per heavy atom. The first-order valence-electron chi connectivity index (χ1n) is 30.7. The van der Waals surface area contributed by atoms with Gasteiger partial charge in [-0.25, -0.2) is 0 Å². The van der Waals surface area contributed by atoms with Crippen LogP contribution in [0.15, 0.2) is 134 Å². The van der Waals surface area contributed by atoms with E-state index in [1.54, 1.807) is 0 Å². The summed E-state index contributed by atoms with van der Waals surface area (Å²) in [5.74, 6) is -0.961. The van der Waals surface area contributed by atoms with Crippen molar-refractivity contribution in [3.63, 3.8) is 0 Å². The van der Waals surface area contributed by atoms with Crippen LogP contribution in [0.3, 0.4) is 0 Å². The second-order valence-corrected chi connectivity index (χ2v) is 19.9. The van der Waals surface area contributed by atoms with E-state index in [4.69, 9.17) is 14.2 Å². The lowest BCUT2D eigenvalue weighted by Gasteiger charge is -2.18. The van der Waals surface area contributed by atoms with Gasteiger partial charge in [-0.05, 0) is 135 Å². The molecule has 1 unspecified atom stereocenters. The van der Waals surface area contributed by atoms with Crippen LogP contribution < -0.4 is 0 Å². The van der Waals surface area contributed by atoms with Gasteiger partial charge >= 0.3 is 17.9 Å². The number of rotatable bonds is 54. The van der Waals surface area contributed by atoms with Crippen LogP contribution in [0.1, 0.15) is 265 Å². The summed E-state index contributed by atoms with van der Waals surface area (Å²) in [5.41, 5.74) is 0. The maximum atomic E-state index is 12.9. The van der Waals surface area contributed by atoms with Crippen LogP contribution in [-0.2, 0) is 28.6 Å². The number of esters is 3. The number of hydrogen-bond donors (Lipinski definition) is 0. The van der Waals surface area contributed by atoms with E-state index in [0.29, 0.717) is 19.3 Å². The van der Waals surface area contributed by atoms with Crippen molar-refractivity contribution in [2.75, 3.05) is 13.2 Å². The maximum absolute atomic E-state index is 12.9. The van der Waals surface area contributed by atoms with Gasteiger partial charge in [0.15, 0.2) is 6.10 Å². The summed E-state index contributed by atoms with van der Waals surface area (Å²) < 4.78 is 16.8. The molecule has 0 aromatic rings. The highest BCUT2D eigenvalue weighted by Gasteiger charge is 2.19. The molecule has 0 aromatic heterocycles. The minimum atomic E-state index is -0.808. The van der Waals surface area contributed by atoms with Crippen LogP contribution in [-0.4, -0.2) is 37.2 Å². The third-order valence-electron chi connectivity index (χ3n) is 12.6. The Morgan fingerprint density at radius 3 is 0.880 bits per heavy atom. The molecule has 0 saturated heterocycles. The van der Waals surface area contributed by atoms with Gasteiger partial charge in [-0.2, -0.15) is 0 Å². The summed E-state index contributed by atoms with van der Waals surface area (Å²) in [5, 5.41) is 0. The molecule has 1 atom stereocenters. The third kappa shape index (κ3) is 60.3. The predicted molar refractivity (Wildman–Crippen MR) is 325 cm³/mol. The van der Waals surface area contributed by atoms with Crippen molar-refractivity contribution in [2.45, 2.75) is 271 Å². The fourth-order valence-electron chi connectivity index (χ4n) is 8.00. The number of carbonyl (C=O) groups is 3. The van der Waals surface area contributed by atoms with Crippen molar-refractivity contribution in [1.82, 2.24) is 0 Å². The van der Waals surface area contributed by atoms with Crippen LogP contribution in [0.4, 0.5) is 0 Å². The van der Waals surface area contributed by atoms with Crippen molar-refractivity contribution in [3.05, 3.63) is 134 Å². The summed E-state index contributed by atoms with van der Waals surface area (Å²) >= 11 is 0. The molecule has 0 aromatic carbocycles. The standard InChI is InChI=1S/C69H112O6/c1-4-7-10-13-16-19-22-24-26-28-30-32-33-34-35-37-38-40-42-44-47-50-53-56-59-62-68(71)74-65-66(64-73-67(70)61-58-55-52-49-46-21-18-15-12-9-6-3)75-69(72)63-60-57-54-51-48-45-43-41-39-36-31-29-27-25-23-20-17-14-11-8-5-2/h7,10,15-16,18-19,23-26,29-32,34-35,38-41,44,47,66H,4-6,8-9,11-14,17,20-22,27-28,33,36-37,42-43,45-46,48-65H2,1-3H3/b10-7-,18-15-,19-16-,25-23-,26-24-,31-29-,32-30-,35-34-,40-38-,41-39-,47-44-. The van der Waals surface area contributed by atoms with E-state index in [1.807, 2.05) is 0 Å². The quantitative estimate of drug-likeness (QED) is 0.0261. The highest BCUT2D eigenvalue weighted by Crippen LogP contribution is 2.14. The lowest BCUT2D eigenvalue weighted by atomic mass is 10.1. The van der Waals surface area contributed by atoms with E-state index in [9.17, 15) is 14.4 Å². The van der Waals surface area contributed by atoms with Gasteiger partial charge in [-0.1, -0.05) is 244 Å². The molecule has 6 nitrogen and oxygen atoms in total. The van der Waals surface area contributed by atoms with Gasteiger partial charge in [0.1, 0.15) is 13.2 Å². The SMILES string of the molecule is CC/C=C\C/C=C\C/C=C\C/C=C\C/C=C\C/C=C\C/C=C\CCCCCC(=O)OCC(COC(=O)CCCCCCC/C=C\CCCC)OC(=O)CCCCCCCC/C=C\C/C=C\C/C=C\CCCCCCC. The van der Waals surface area contributed by atoms with Gasteiger partial charge in [0.05, 0.1) is 0 Å². The smallest absolute Gasteiger partial charge is 0.306 e. The van der Waals surface area contributed by atoms with Crippen LogP contribution in [0.25, 0.3) is 0 Å². The molecule has 0 N–H and O–H groups in total. The molecule has 424 valence electrons. The lowest BCUT2D eigenvalue weighted by Crippen LogP contribution is -2.30. The molecule has 0 heterocycles. The number of allylic oxidation sites excluding steroid dienone is 22. The fraction of sp³-hybridized carbons (Fsp3) is 0.638. The molecule has 6 heteroatoms. The predicted octanol–water partition coefficient (Wildman–Crippen LogP) is 21.0. The molecule has 75 heavy (non-hydrogen) atoms. The van der Waals surface area contributed by atoms with Crippen LogP contribution >= 0.6 is 0 Å². The second-order valence-electron chi connectivity index (χ2n) is 19.9. The number of hydrogen-bond acceptors (Lipinski definition) is 6. The highest BCUT2D eigenvalue weighted by atomic mass is 16.6. The molecule has 0 fully saturated rings. The Kier molecular flexibility index (Phi) is 58.4. The van der Waals surface area contributed by atoms with E-state index in [-0.39, 0.29) is 31.1 Å². The molecule has 0 rings (SSSR count). The topological polar surface area (TPSA) is 78.9 Å². The number of unbranched alkanes of at least 4 members (excludes halogenated alkanes) is 21. The van der Waals surface area contributed by atoms with Gasteiger partial charge in [0.25, 0.3) is 0 Å². The zero-order valence-corrected chi connectivity index (χ0v) is 48.5. The summed E-state index contributed by atoms with van der Waals surface area (Å²) in [6.45, 7) is 6.43. The summed E-state index contributed by atoms with van der Waals surface area (Å²) in [7, 11) is 0. The average Bonchev–Trinajstić information content (AvgIpc) is 3.41. The molecule has 0 saturated carbocycles. The van der Waals surface area contributed by atoms with Gasteiger partial charge in [0.2, 0.25) is 0 Å². The fourth-order valence-corrected chi connectivity index (χ4v) is 8.00. The summed E-state index contributed by atoms with van der Waals surface area (Å²) in [4.78, 5) is 38.2. The molecule has 0 spiro atoms. The molecular weight excluding hydrogens is 925 g/mol. The highest BCUT2D eigenvalue weighted by molar-refractivity contribution is 5.71. The van der Waals surface area contributed by atoms with Gasteiger partial charge in [-0.15, -0.1) is 0 Å². The van der Waals surface area contributed by atoms with E-state index in [1.165, 1.54) is 77.0 Å². The van der Waals surface area contributed by atoms with Gasteiger partial charge in [-0.3, -0.25) is 14.4 Å². The molecule has 0 radical (unpaired) electrons. The molecule has 0 bridgehead atoms. The van der Waals surface area contributed by atoms with Crippen LogP contribution in [0, 0.1) is 0 Å². The average molecular weight is 1040 g/mol. The molecular formula is C69H112O6. The Hall–Kier alpha value is -4.45. The second kappa shape index (κ2) is 62.1. The normalized spacial score (nSPS) is 13.1. The Labute approximate surface area is 462 Å². The zero-order valence-electron chi connectivity index (χ0n) is 48.5. The summed E-state index contributed by atoms with van der Waals surface area (Å²) in [6, 6.07) is 0. The van der Waals surface area contributed by atoms with Crippen molar-refractivity contribution in [2.24, 2.45) is 0 Å². The van der Waals surface area contributed by atoms with E-state index >= 15 is 0 Å². The number of carbonyl (C=O) groups excluding carboxylic acids is 3. The van der Waals surface area contributed by atoms with Crippen molar-refractivity contribution in [3.8, 4) is 0 Å². The van der Waals surface area contributed by atoms with E-state index in [2.05, 4.69) is 154 Å². The van der Waals surface area contributed by atoms with Gasteiger partial charge < -0.3 is 14.2 Å². The maximum Gasteiger partial charge on any atom is 0.306 e. The Balaban J connectivity index is 4.44. The largest absolute Gasteiger partial charge is 0.462 e. The molecule has 0 aliphatic rings. The first-order chi connectivity index (χ1) is 37.0. The Bertz CT molecular complexity index is 1620. The monoisotopic (exact) mass is 1040 g/mol. The van der Waals surface area contributed by atoms with Crippen molar-refractivity contribution >= 4 is 17.9 Å². The summed E-state index contributed by atoms with van der Waals surface area (Å²) in [6.07, 6.45) is 87.3. The number of ether oxygens (including phenoxy) is 3. The molecule has 0 aliphatic heterocycles. The first-order valence-corrected chi connectivity index (χ1v) is 30.7. The van der Waals surface area contributed by atoms with Crippen molar-refractivity contribution < 1.29 is 28.6 Å². The van der Waals surface area contributed by atoms with Crippen LogP contribution in [0.2, 0.25) is 0 Å². The van der Waals surface area contributed by atoms with Crippen LogP contribution in [0.5, 0.6) is 0 Å². The van der Waals surface area contributed by atoms with Crippen molar-refractivity contribution in [1.29, 1.82) is 0 Å². The molecule has 0 aliphatic carbocycles. The zero-order chi connectivity index (χ0) is 54.3. The first kappa shape index (κ1) is 70.5.